The Morgan fingerprint density at radius 2 is 1.14 bits per heavy atom. The lowest BCUT2D eigenvalue weighted by atomic mass is 9.78. The van der Waals surface area contributed by atoms with E-state index in [4.69, 9.17) is 9.72 Å². The minimum Gasteiger partial charge on any atom is -0.439 e. The van der Waals surface area contributed by atoms with Crippen LogP contribution in [0.5, 0.6) is 0 Å². The summed E-state index contributed by atoms with van der Waals surface area (Å²) in [5.41, 5.74) is 6.77. The molecule has 1 aliphatic rings. The van der Waals surface area contributed by atoms with Crippen LogP contribution in [0, 0.1) is 13.8 Å². The second-order valence-corrected chi connectivity index (χ2v) is 11.9. The van der Waals surface area contributed by atoms with Gasteiger partial charge in [0.1, 0.15) is 5.69 Å². The van der Waals surface area contributed by atoms with Gasteiger partial charge in [-0.15, -0.1) is 0 Å². The fourth-order valence-electron chi connectivity index (χ4n) is 6.22. The first-order chi connectivity index (χ1) is 20.4. The third-order valence-corrected chi connectivity index (χ3v) is 8.64. The molecule has 0 unspecified atom stereocenters. The summed E-state index contributed by atoms with van der Waals surface area (Å²) in [6, 6.07) is 17.0. The number of aryl methyl sites for hydroxylation is 2. The van der Waals surface area contributed by atoms with Crippen LogP contribution in [0.25, 0.3) is 0 Å². The third-order valence-electron chi connectivity index (χ3n) is 8.64. The van der Waals surface area contributed by atoms with Crippen LogP contribution < -0.4 is 9.80 Å². The van der Waals surface area contributed by atoms with E-state index in [0.717, 1.165) is 48.4 Å². The molecule has 1 aromatic heterocycles. The molecule has 5 nitrogen and oxygen atoms in total. The molecule has 0 atom stereocenters. The van der Waals surface area contributed by atoms with Gasteiger partial charge in [-0.3, -0.25) is 4.98 Å². The zero-order valence-corrected chi connectivity index (χ0v) is 26.8. The van der Waals surface area contributed by atoms with Crippen LogP contribution in [-0.2, 0) is 10.3 Å². The van der Waals surface area contributed by atoms with Crippen LogP contribution in [0.1, 0.15) is 117 Å². The predicted octanol–water partition coefficient (Wildman–Crippen LogP) is 8.97. The molecule has 5 heteroatoms. The van der Waals surface area contributed by atoms with Gasteiger partial charge < -0.3 is 14.5 Å². The summed E-state index contributed by atoms with van der Waals surface area (Å²) >= 11 is 0. The summed E-state index contributed by atoms with van der Waals surface area (Å²) in [4.78, 5) is 23.2. The lowest BCUT2D eigenvalue weighted by molar-refractivity contribution is 0.0240. The van der Waals surface area contributed by atoms with Crippen LogP contribution in [0.15, 0.2) is 54.7 Å². The Morgan fingerprint density at radius 3 is 1.55 bits per heavy atom. The number of fused-ring (bicyclic) bond motifs is 1. The average Bonchev–Trinajstić information content (AvgIpc) is 3.29. The number of pyridine rings is 1. The van der Waals surface area contributed by atoms with Gasteiger partial charge in [-0.1, -0.05) is 65.5 Å². The number of unbranched alkanes of at least 4 members (excludes halogenated alkanes) is 4. The van der Waals surface area contributed by atoms with Crippen LogP contribution >= 0.6 is 0 Å². The molecule has 1 aliphatic heterocycles. The van der Waals surface area contributed by atoms with E-state index in [1.165, 1.54) is 62.7 Å². The molecule has 2 heterocycles. The maximum absolute atomic E-state index is 13.4. The highest BCUT2D eigenvalue weighted by molar-refractivity contribution is 5.95. The Hall–Kier alpha value is -3.34. The van der Waals surface area contributed by atoms with E-state index in [9.17, 15) is 4.79 Å². The third kappa shape index (κ3) is 6.50. The lowest BCUT2D eigenvalue weighted by Gasteiger charge is -2.34. The molecule has 0 saturated heterocycles. The SMILES string of the molecule is CCCCN(CCCC)c1ccc(C2(c3ccc(N(CCCC)CCCC)cc3C)OC(=O)c3cccnc32)c(C)c1. The summed E-state index contributed by atoms with van der Waals surface area (Å²) in [6.45, 7) is 17.5. The smallest absolute Gasteiger partial charge is 0.341 e. The molecule has 0 saturated carbocycles. The molecule has 0 N–H and O–H groups in total. The van der Waals surface area contributed by atoms with Crippen molar-refractivity contribution in [3.05, 3.63) is 88.2 Å². The normalized spacial score (nSPS) is 13.6. The van der Waals surface area contributed by atoms with E-state index in [1.54, 1.807) is 6.20 Å². The van der Waals surface area contributed by atoms with Gasteiger partial charge in [0.05, 0.1) is 5.56 Å². The fraction of sp³-hybridized carbons (Fsp3) is 0.514. The Balaban J connectivity index is 1.83. The molecule has 0 amide bonds. The van der Waals surface area contributed by atoms with Gasteiger partial charge in [-0.2, -0.15) is 0 Å². The highest BCUT2D eigenvalue weighted by atomic mass is 16.6. The molecule has 0 aliphatic carbocycles. The maximum atomic E-state index is 13.4. The molecule has 0 bridgehead atoms. The average molecular weight is 570 g/mol. The number of rotatable bonds is 16. The van der Waals surface area contributed by atoms with E-state index < -0.39 is 5.60 Å². The molecule has 0 spiro atoms. The first-order valence-electron chi connectivity index (χ1n) is 16.3. The highest BCUT2D eigenvalue weighted by Crippen LogP contribution is 2.49. The van der Waals surface area contributed by atoms with Crippen molar-refractivity contribution in [1.29, 1.82) is 0 Å². The molecule has 0 fully saturated rings. The number of nitrogens with zero attached hydrogens (tertiary/aromatic N) is 3. The molecule has 4 rings (SSSR count). The first-order valence-corrected chi connectivity index (χ1v) is 16.3. The zero-order valence-electron chi connectivity index (χ0n) is 26.8. The number of benzene rings is 2. The molecular weight excluding hydrogens is 518 g/mol. The second-order valence-electron chi connectivity index (χ2n) is 11.9. The number of ether oxygens (including phenoxy) is 1. The largest absolute Gasteiger partial charge is 0.439 e. The second kappa shape index (κ2) is 14.7. The summed E-state index contributed by atoms with van der Waals surface area (Å²) in [5.74, 6) is -0.315. The Kier molecular flexibility index (Phi) is 11.1. The molecular formula is C37H51N3O2. The summed E-state index contributed by atoms with van der Waals surface area (Å²) in [5, 5.41) is 0. The van der Waals surface area contributed by atoms with Crippen molar-refractivity contribution in [2.24, 2.45) is 0 Å². The Morgan fingerprint density at radius 1 is 0.690 bits per heavy atom. The minimum absolute atomic E-state index is 0.315. The van der Waals surface area contributed by atoms with Gasteiger partial charge >= 0.3 is 5.97 Å². The van der Waals surface area contributed by atoms with Gasteiger partial charge in [0.2, 0.25) is 5.60 Å². The van der Waals surface area contributed by atoms with Gasteiger partial charge in [0.15, 0.2) is 0 Å². The van der Waals surface area contributed by atoms with Crippen molar-refractivity contribution in [2.45, 2.75) is 98.5 Å². The van der Waals surface area contributed by atoms with E-state index >= 15 is 0 Å². The van der Waals surface area contributed by atoms with Crippen molar-refractivity contribution >= 4 is 17.3 Å². The van der Waals surface area contributed by atoms with Crippen molar-refractivity contribution in [1.82, 2.24) is 4.98 Å². The van der Waals surface area contributed by atoms with E-state index in [-0.39, 0.29) is 5.97 Å². The Labute approximate surface area is 254 Å². The number of carbonyl (C=O) groups excluding carboxylic acids is 1. The van der Waals surface area contributed by atoms with E-state index in [1.807, 2.05) is 12.1 Å². The fourth-order valence-corrected chi connectivity index (χ4v) is 6.22. The van der Waals surface area contributed by atoms with Crippen molar-refractivity contribution in [2.75, 3.05) is 36.0 Å². The number of aromatic nitrogens is 1. The standard InChI is InChI=1S/C37H51N3O2/c1-7-11-22-39(23-12-8-2)30-17-19-33(28(5)26-30)37(35-32(36(41)42-37)16-15-21-38-35)34-20-18-31(27-29(34)6)40(24-13-9-3)25-14-10-4/h15-21,26-27H,7-14,22-25H2,1-6H3. The monoisotopic (exact) mass is 569 g/mol. The summed E-state index contributed by atoms with van der Waals surface area (Å²) < 4.78 is 6.48. The molecule has 2 aromatic carbocycles. The Bertz CT molecular complexity index is 1250. The molecule has 226 valence electrons. The topological polar surface area (TPSA) is 45.7 Å². The van der Waals surface area contributed by atoms with E-state index in [2.05, 4.69) is 87.7 Å². The molecule has 0 radical (unpaired) electrons. The quantitative estimate of drug-likeness (QED) is 0.161. The van der Waals surface area contributed by atoms with Gasteiger partial charge in [0, 0.05) is 54.9 Å². The van der Waals surface area contributed by atoms with Crippen molar-refractivity contribution in [3.63, 3.8) is 0 Å². The van der Waals surface area contributed by atoms with Crippen LogP contribution in [-0.4, -0.2) is 37.1 Å². The van der Waals surface area contributed by atoms with Crippen LogP contribution in [0.3, 0.4) is 0 Å². The highest BCUT2D eigenvalue weighted by Gasteiger charge is 2.51. The number of hydrogen-bond acceptors (Lipinski definition) is 5. The summed E-state index contributed by atoms with van der Waals surface area (Å²) in [6.07, 6.45) is 11.1. The minimum atomic E-state index is -1.09. The van der Waals surface area contributed by atoms with Gasteiger partial charge in [-0.05, 0) is 87.1 Å². The number of hydrogen-bond donors (Lipinski definition) is 0. The van der Waals surface area contributed by atoms with Gasteiger partial charge in [0.25, 0.3) is 0 Å². The van der Waals surface area contributed by atoms with Crippen LogP contribution in [0.2, 0.25) is 0 Å². The lowest BCUT2D eigenvalue weighted by Crippen LogP contribution is -2.33. The number of esters is 1. The summed E-state index contributed by atoms with van der Waals surface area (Å²) in [7, 11) is 0. The zero-order chi connectivity index (χ0) is 30.1. The number of carbonyl (C=O) groups is 1. The van der Waals surface area contributed by atoms with Crippen molar-refractivity contribution < 1.29 is 9.53 Å². The predicted molar refractivity (Wildman–Crippen MR) is 176 cm³/mol. The van der Waals surface area contributed by atoms with Gasteiger partial charge in [-0.25, -0.2) is 4.79 Å². The van der Waals surface area contributed by atoms with Crippen molar-refractivity contribution in [3.8, 4) is 0 Å². The number of anilines is 2. The maximum Gasteiger partial charge on any atom is 0.341 e. The molecule has 42 heavy (non-hydrogen) atoms. The van der Waals surface area contributed by atoms with Crippen LogP contribution in [0.4, 0.5) is 11.4 Å². The van der Waals surface area contributed by atoms with E-state index in [0.29, 0.717) is 11.3 Å². The molecule has 3 aromatic rings. The first kappa shape index (κ1) is 31.6. The number of cyclic esters (lactones) is 1.